The fourth-order valence-electron chi connectivity index (χ4n) is 9.67. The first-order valence-electron chi connectivity index (χ1n) is 21.2. The Morgan fingerprint density at radius 2 is 1.70 bits per heavy atom. The molecule has 1 aromatic heterocycles. The molecule has 3 saturated heterocycles. The second-order valence-corrected chi connectivity index (χ2v) is 16.8. The van der Waals surface area contributed by atoms with E-state index in [9.17, 15) is 19.2 Å². The third-order valence-electron chi connectivity index (χ3n) is 13.1. The minimum atomic E-state index is -0.618. The van der Waals surface area contributed by atoms with Gasteiger partial charge in [-0.05, 0) is 111 Å². The second kappa shape index (κ2) is 16.9. The van der Waals surface area contributed by atoms with Crippen molar-refractivity contribution in [1.29, 1.82) is 0 Å². The van der Waals surface area contributed by atoms with Gasteiger partial charge < -0.3 is 24.8 Å². The lowest BCUT2D eigenvalue weighted by atomic mass is 9.92. The number of hydrogen-bond acceptors (Lipinski definition) is 9. The standard InChI is InChI=1S/C46H49FN8O5/c1-48-38-11-14-41(36-3-2-18-49-43(36)38)60-34-8-5-32(6-9-34)50-44(57)30-4-12-39(37(47)26-30)54-19-16-29(17-20-54)27-52-21-23-53(24-22-52)33-7-10-35-31(25-33)28-55(46(35)59)40-13-15-42(56)51-45(40)58/h2-4,7,10-12,14,18,25-26,29,32,34,40H,5-6,8-9,13,15-17,19-24,27-28H2,(H,50,57)(H,51,56,58)/t32?,34?,40-/m0/s1. The summed E-state index contributed by atoms with van der Waals surface area (Å²) in [5.74, 6) is -0.251. The van der Waals surface area contributed by atoms with Gasteiger partial charge in [0, 0.05) is 93.2 Å². The lowest BCUT2D eigenvalue weighted by molar-refractivity contribution is -0.136. The number of piperazine rings is 1. The molecule has 60 heavy (non-hydrogen) atoms. The summed E-state index contributed by atoms with van der Waals surface area (Å²) in [6, 6.07) is 17.5. The largest absolute Gasteiger partial charge is 0.490 e. The van der Waals surface area contributed by atoms with Gasteiger partial charge in [0.2, 0.25) is 17.5 Å². The number of pyridine rings is 1. The zero-order chi connectivity index (χ0) is 41.3. The molecule has 0 bridgehead atoms. The highest BCUT2D eigenvalue weighted by molar-refractivity contribution is 6.05. The smallest absolute Gasteiger partial charge is 0.255 e. The number of aromatic nitrogens is 1. The van der Waals surface area contributed by atoms with Crippen LogP contribution < -0.4 is 25.2 Å². The van der Waals surface area contributed by atoms with Gasteiger partial charge in [0.05, 0.1) is 23.9 Å². The van der Waals surface area contributed by atoms with Gasteiger partial charge in [-0.1, -0.05) is 6.07 Å². The number of fused-ring (bicyclic) bond motifs is 2. The fourth-order valence-corrected chi connectivity index (χ4v) is 9.67. The number of anilines is 2. The summed E-state index contributed by atoms with van der Waals surface area (Å²) < 4.78 is 21.9. The van der Waals surface area contributed by atoms with Crippen molar-refractivity contribution in [2.24, 2.45) is 5.92 Å². The molecule has 2 N–H and O–H groups in total. The minimum absolute atomic E-state index is 0.00779. The highest BCUT2D eigenvalue weighted by Crippen LogP contribution is 2.35. The van der Waals surface area contributed by atoms with Crippen LogP contribution in [0.25, 0.3) is 15.7 Å². The second-order valence-electron chi connectivity index (χ2n) is 16.8. The van der Waals surface area contributed by atoms with Crippen LogP contribution in [0, 0.1) is 18.3 Å². The average Bonchev–Trinajstić information content (AvgIpc) is 3.59. The number of benzene rings is 3. The quantitative estimate of drug-likeness (QED) is 0.158. The van der Waals surface area contributed by atoms with Crippen molar-refractivity contribution in [3.8, 4) is 5.75 Å². The molecule has 13 nitrogen and oxygen atoms in total. The molecule has 0 unspecified atom stereocenters. The highest BCUT2D eigenvalue weighted by Gasteiger charge is 2.39. The first-order chi connectivity index (χ1) is 29.2. The van der Waals surface area contributed by atoms with Gasteiger partial charge in [-0.25, -0.2) is 9.24 Å². The van der Waals surface area contributed by atoms with Crippen LogP contribution in [0.2, 0.25) is 0 Å². The van der Waals surface area contributed by atoms with Crippen LogP contribution in [0.1, 0.15) is 77.6 Å². The Kier molecular flexibility index (Phi) is 11.1. The van der Waals surface area contributed by atoms with E-state index in [2.05, 4.69) is 41.2 Å². The third-order valence-corrected chi connectivity index (χ3v) is 13.1. The number of carbonyl (C=O) groups is 4. The summed E-state index contributed by atoms with van der Waals surface area (Å²) in [6.07, 6.45) is 7.24. The number of imide groups is 1. The van der Waals surface area contributed by atoms with Gasteiger partial charge >= 0.3 is 0 Å². The summed E-state index contributed by atoms with van der Waals surface area (Å²) >= 11 is 0. The molecule has 4 amide bonds. The molecular weight excluding hydrogens is 764 g/mol. The molecule has 9 rings (SSSR count). The van der Waals surface area contributed by atoms with Crippen molar-refractivity contribution in [3.63, 3.8) is 0 Å². The monoisotopic (exact) mass is 812 g/mol. The Morgan fingerprint density at radius 1 is 0.900 bits per heavy atom. The lowest BCUT2D eigenvalue weighted by Crippen LogP contribution is -2.52. The topological polar surface area (TPSA) is 132 Å². The molecule has 5 heterocycles. The Hall–Kier alpha value is -6.07. The Balaban J connectivity index is 0.707. The average molecular weight is 813 g/mol. The fraction of sp³-hybridized carbons (Fsp3) is 0.435. The van der Waals surface area contributed by atoms with E-state index in [1.807, 2.05) is 30.3 Å². The highest BCUT2D eigenvalue weighted by atomic mass is 19.1. The van der Waals surface area contributed by atoms with E-state index in [0.29, 0.717) is 52.7 Å². The van der Waals surface area contributed by atoms with E-state index in [1.165, 1.54) is 6.07 Å². The summed E-state index contributed by atoms with van der Waals surface area (Å²) in [4.78, 5) is 66.9. The molecule has 4 aliphatic heterocycles. The molecule has 1 atom stereocenters. The van der Waals surface area contributed by atoms with Crippen molar-refractivity contribution < 1.29 is 28.3 Å². The molecule has 1 saturated carbocycles. The van der Waals surface area contributed by atoms with Gasteiger partial charge in [0.15, 0.2) is 0 Å². The molecule has 14 heteroatoms. The van der Waals surface area contributed by atoms with E-state index >= 15 is 4.39 Å². The number of piperidine rings is 2. The first-order valence-corrected chi connectivity index (χ1v) is 21.2. The number of amides is 4. The van der Waals surface area contributed by atoms with Gasteiger partial charge in [-0.3, -0.25) is 34.4 Å². The number of hydrogen-bond donors (Lipinski definition) is 2. The number of carbonyl (C=O) groups excluding carboxylic acids is 4. The number of nitrogens with zero attached hydrogens (tertiary/aromatic N) is 6. The van der Waals surface area contributed by atoms with Crippen molar-refractivity contribution in [2.45, 2.75) is 76.1 Å². The summed E-state index contributed by atoms with van der Waals surface area (Å²) in [6.45, 7) is 13.9. The normalized spacial score (nSPS) is 22.7. The van der Waals surface area contributed by atoms with Crippen molar-refractivity contribution in [2.75, 3.05) is 55.6 Å². The van der Waals surface area contributed by atoms with E-state index in [1.54, 1.807) is 29.3 Å². The summed E-state index contributed by atoms with van der Waals surface area (Å²) in [7, 11) is 0. The minimum Gasteiger partial charge on any atom is -0.490 e. The van der Waals surface area contributed by atoms with Crippen molar-refractivity contribution in [3.05, 3.63) is 101 Å². The molecule has 310 valence electrons. The van der Waals surface area contributed by atoms with Crippen LogP contribution in [0.5, 0.6) is 5.75 Å². The molecule has 0 spiro atoms. The number of nitrogens with one attached hydrogen (secondary N) is 2. The van der Waals surface area contributed by atoms with Gasteiger partial charge in [0.1, 0.15) is 17.6 Å². The van der Waals surface area contributed by atoms with Crippen LogP contribution in [0.4, 0.5) is 21.5 Å². The van der Waals surface area contributed by atoms with E-state index in [4.69, 9.17) is 11.3 Å². The van der Waals surface area contributed by atoms with Gasteiger partial charge in [-0.15, -0.1) is 0 Å². The SMILES string of the molecule is [C-]#[N+]c1ccc(OC2CCC(NC(=O)c3ccc(N4CCC(CN5CCN(c6ccc7c(c6)CN([C@H]6CCC(=O)NC6=O)C7=O)CC5)CC4)c(F)c3)CC2)c2cccnc12. The third kappa shape index (κ3) is 8.10. The van der Waals surface area contributed by atoms with Crippen molar-refractivity contribution in [1.82, 2.24) is 25.4 Å². The molecule has 5 aliphatic rings. The van der Waals surface area contributed by atoms with E-state index < -0.39 is 11.9 Å². The van der Waals surface area contributed by atoms with E-state index in [-0.39, 0.29) is 42.1 Å². The zero-order valence-electron chi connectivity index (χ0n) is 33.6. The first kappa shape index (κ1) is 39.4. The van der Waals surface area contributed by atoms with Crippen molar-refractivity contribution >= 4 is 51.6 Å². The zero-order valence-corrected chi connectivity index (χ0v) is 33.6. The van der Waals surface area contributed by atoms with Crippen LogP contribution >= 0.6 is 0 Å². The number of halogens is 1. The number of ether oxygens (including phenoxy) is 1. The Labute approximate surface area is 348 Å². The maximum Gasteiger partial charge on any atom is 0.255 e. The van der Waals surface area contributed by atoms with E-state index in [0.717, 1.165) is 101 Å². The lowest BCUT2D eigenvalue weighted by Gasteiger charge is -2.40. The van der Waals surface area contributed by atoms with Crippen LogP contribution in [-0.2, 0) is 16.1 Å². The predicted octanol–water partition coefficient (Wildman–Crippen LogP) is 5.84. The molecule has 4 aromatic rings. The van der Waals surface area contributed by atoms with Gasteiger partial charge in [0.25, 0.3) is 11.8 Å². The molecule has 0 radical (unpaired) electrons. The molecule has 1 aliphatic carbocycles. The van der Waals surface area contributed by atoms with Crippen LogP contribution in [-0.4, -0.2) is 102 Å². The van der Waals surface area contributed by atoms with Crippen LogP contribution in [0.15, 0.2) is 66.9 Å². The van der Waals surface area contributed by atoms with Crippen LogP contribution in [0.3, 0.4) is 0 Å². The Morgan fingerprint density at radius 3 is 2.45 bits per heavy atom. The molecular formula is C46H49FN8O5. The maximum absolute atomic E-state index is 15.5. The maximum atomic E-state index is 15.5. The van der Waals surface area contributed by atoms with Gasteiger partial charge in [-0.2, -0.15) is 0 Å². The molecule has 3 aromatic carbocycles. The summed E-state index contributed by atoms with van der Waals surface area (Å²) in [5.41, 5.74) is 4.62. The Bertz CT molecular complexity index is 2360. The number of rotatable bonds is 9. The predicted molar refractivity (Wildman–Crippen MR) is 225 cm³/mol. The summed E-state index contributed by atoms with van der Waals surface area (Å²) in [5, 5.41) is 6.30. The molecule has 4 fully saturated rings.